The first kappa shape index (κ1) is 25.4. The zero-order valence-corrected chi connectivity index (χ0v) is 19.0. The van der Waals surface area contributed by atoms with Gasteiger partial charge in [-0.1, -0.05) is 17.7 Å². The van der Waals surface area contributed by atoms with E-state index in [2.05, 4.69) is 15.5 Å². The minimum atomic E-state index is -0.685. The average Bonchev–Trinajstić information content (AvgIpc) is 3.21. The molecule has 2 amide bonds. The van der Waals surface area contributed by atoms with Crippen LogP contribution in [-0.2, 0) is 9.59 Å². The summed E-state index contributed by atoms with van der Waals surface area (Å²) in [5, 5.41) is 10.8. The zero-order valence-electron chi connectivity index (χ0n) is 19.0. The predicted octanol–water partition coefficient (Wildman–Crippen LogP) is 5.02. The summed E-state index contributed by atoms with van der Waals surface area (Å²) >= 11 is 0. The highest BCUT2D eigenvalue weighted by Crippen LogP contribution is 2.26. The van der Waals surface area contributed by atoms with Gasteiger partial charge in [0, 0.05) is 32.5 Å². The summed E-state index contributed by atoms with van der Waals surface area (Å²) < 4.78 is 28.5. The number of nitrogens with zero attached hydrogens (tertiary/aromatic N) is 3. The number of nitrogens with one attached hydrogen (secondary N) is 1. The quantitative estimate of drug-likeness (QED) is 0.311. The zero-order chi connectivity index (χ0) is 23.5. The van der Waals surface area contributed by atoms with Gasteiger partial charge in [-0.3, -0.25) is 9.59 Å². The molecule has 0 bridgehead atoms. The van der Waals surface area contributed by atoms with Crippen molar-refractivity contribution in [3.05, 3.63) is 53.1 Å². The van der Waals surface area contributed by atoms with E-state index in [9.17, 15) is 18.4 Å². The van der Waals surface area contributed by atoms with E-state index in [-0.39, 0.29) is 29.1 Å². The lowest BCUT2D eigenvalue weighted by Gasteiger charge is -2.16. The second kappa shape index (κ2) is 12.8. The first-order chi connectivity index (χ1) is 15.3. The normalized spacial score (nSPS) is 17.3. The van der Waals surface area contributed by atoms with Gasteiger partial charge >= 0.3 is 0 Å². The number of unbranched alkanes of at least 4 members (excludes halogenated alkanes) is 1. The summed E-state index contributed by atoms with van der Waals surface area (Å²) in [6.07, 6.45) is 6.84. The molecule has 0 unspecified atom stereocenters. The molecule has 1 aromatic rings. The molecule has 1 saturated heterocycles. The third kappa shape index (κ3) is 7.66. The summed E-state index contributed by atoms with van der Waals surface area (Å²) in [5.41, 5.74) is 0.826. The summed E-state index contributed by atoms with van der Waals surface area (Å²) in [6.45, 7) is 6.75. The van der Waals surface area contributed by atoms with Crippen LogP contribution in [0.3, 0.4) is 0 Å². The van der Waals surface area contributed by atoms with E-state index < -0.39 is 11.6 Å². The van der Waals surface area contributed by atoms with Gasteiger partial charge in [0.15, 0.2) is 0 Å². The summed E-state index contributed by atoms with van der Waals surface area (Å²) in [5.74, 6) is -1.36. The number of allylic oxidation sites excluding steroid dienone is 3. The van der Waals surface area contributed by atoms with Crippen molar-refractivity contribution in [2.24, 2.45) is 10.2 Å². The van der Waals surface area contributed by atoms with Crippen LogP contribution < -0.4 is 5.32 Å². The van der Waals surface area contributed by atoms with Crippen LogP contribution in [0.2, 0.25) is 0 Å². The van der Waals surface area contributed by atoms with Gasteiger partial charge in [-0.2, -0.15) is 10.2 Å². The summed E-state index contributed by atoms with van der Waals surface area (Å²) in [6, 6.07) is 3.74. The maximum Gasteiger partial charge on any atom is 0.222 e. The second-order valence-corrected chi connectivity index (χ2v) is 7.78. The van der Waals surface area contributed by atoms with Gasteiger partial charge in [-0.15, -0.1) is 0 Å². The van der Waals surface area contributed by atoms with Crippen molar-refractivity contribution in [1.29, 1.82) is 0 Å². The Bertz CT molecular complexity index is 876. The van der Waals surface area contributed by atoms with E-state index in [1.165, 1.54) is 25.1 Å². The third-order valence-electron chi connectivity index (χ3n) is 5.29. The second-order valence-electron chi connectivity index (χ2n) is 7.78. The van der Waals surface area contributed by atoms with Crippen LogP contribution in [0.5, 0.6) is 0 Å². The van der Waals surface area contributed by atoms with Crippen LogP contribution in [0.25, 0.3) is 5.70 Å². The number of carbonyl (C=O) groups excluding carboxylic acids is 2. The highest BCUT2D eigenvalue weighted by atomic mass is 19.1. The molecule has 0 aliphatic carbocycles. The molecule has 1 fully saturated rings. The van der Waals surface area contributed by atoms with Crippen molar-refractivity contribution in [1.82, 2.24) is 10.2 Å². The molecule has 2 rings (SSSR count). The van der Waals surface area contributed by atoms with Gasteiger partial charge in [0.05, 0.1) is 17.8 Å². The predicted molar refractivity (Wildman–Crippen MR) is 121 cm³/mol. The van der Waals surface area contributed by atoms with Crippen LogP contribution in [0.15, 0.2) is 46.2 Å². The lowest BCUT2D eigenvalue weighted by molar-refractivity contribution is -0.130. The van der Waals surface area contributed by atoms with Crippen LogP contribution in [0.4, 0.5) is 8.78 Å². The molecule has 1 aromatic carbocycles. The standard InChI is InChI=1S/C24H32F2N4O2/c1-4-18(15-22(29-27-5-2)24-20(25)10-8-11-21(24)26)9-6-7-12-23(32)30-14-13-19(16-30)28-17(3)31/h4,8,10-11,15,19H,5-7,9,12-14,16H2,1-3H3,(H,28,31)/b18-4-,22-15-,29-27-/t19-/m0/s1. The fraction of sp³-hybridized carbons (Fsp3) is 0.500. The third-order valence-corrected chi connectivity index (χ3v) is 5.29. The fourth-order valence-electron chi connectivity index (χ4n) is 3.67. The fourth-order valence-corrected chi connectivity index (χ4v) is 3.67. The number of hydrogen-bond acceptors (Lipinski definition) is 4. The number of likely N-dealkylation sites (tertiary alicyclic amines) is 1. The molecule has 1 aliphatic heterocycles. The number of hydrogen-bond donors (Lipinski definition) is 1. The average molecular weight is 447 g/mol. The molecule has 6 nitrogen and oxygen atoms in total. The highest BCUT2D eigenvalue weighted by molar-refractivity contribution is 5.77. The molecule has 32 heavy (non-hydrogen) atoms. The molecule has 1 N–H and O–H groups in total. The van der Waals surface area contributed by atoms with Crippen LogP contribution in [-0.4, -0.2) is 42.4 Å². The van der Waals surface area contributed by atoms with E-state index in [1.807, 2.05) is 13.0 Å². The Morgan fingerprint density at radius 3 is 2.53 bits per heavy atom. The minimum Gasteiger partial charge on any atom is -0.352 e. The number of rotatable bonds is 10. The molecule has 0 saturated carbocycles. The van der Waals surface area contributed by atoms with E-state index in [0.717, 1.165) is 18.4 Å². The van der Waals surface area contributed by atoms with Gasteiger partial charge in [0.25, 0.3) is 0 Å². The van der Waals surface area contributed by atoms with Crippen LogP contribution >= 0.6 is 0 Å². The lowest BCUT2D eigenvalue weighted by atomic mass is 10.0. The Hall–Kier alpha value is -2.90. The van der Waals surface area contributed by atoms with E-state index in [4.69, 9.17) is 0 Å². The van der Waals surface area contributed by atoms with Gasteiger partial charge in [-0.25, -0.2) is 8.78 Å². The van der Waals surface area contributed by atoms with Crippen molar-refractivity contribution in [3.63, 3.8) is 0 Å². The molecular weight excluding hydrogens is 414 g/mol. The van der Waals surface area contributed by atoms with Crippen molar-refractivity contribution in [2.45, 2.75) is 58.9 Å². The topological polar surface area (TPSA) is 74.1 Å². The van der Waals surface area contributed by atoms with Crippen LogP contribution in [0.1, 0.15) is 58.4 Å². The van der Waals surface area contributed by atoms with E-state index in [0.29, 0.717) is 38.9 Å². The maximum atomic E-state index is 14.3. The van der Waals surface area contributed by atoms with Crippen molar-refractivity contribution in [3.8, 4) is 0 Å². The van der Waals surface area contributed by atoms with Gasteiger partial charge in [-0.05, 0) is 57.7 Å². The Labute approximate surface area is 188 Å². The molecule has 0 spiro atoms. The SMILES string of the molecule is C\C=C(/C=C(\N=N/CC)c1c(F)cccc1F)CCCCC(=O)N1CC[C@H](NC(C)=O)C1. The molecule has 0 radical (unpaired) electrons. The first-order valence-corrected chi connectivity index (χ1v) is 11.1. The van der Waals surface area contributed by atoms with Gasteiger partial charge < -0.3 is 10.2 Å². The number of benzene rings is 1. The first-order valence-electron chi connectivity index (χ1n) is 11.1. The van der Waals surface area contributed by atoms with Crippen molar-refractivity contribution in [2.75, 3.05) is 19.6 Å². The number of amides is 2. The summed E-state index contributed by atoms with van der Waals surface area (Å²) in [7, 11) is 0. The molecule has 174 valence electrons. The minimum absolute atomic E-state index is 0.0331. The molecule has 1 atom stereocenters. The van der Waals surface area contributed by atoms with Crippen molar-refractivity contribution >= 4 is 17.5 Å². The van der Waals surface area contributed by atoms with Gasteiger partial charge in [0.1, 0.15) is 11.6 Å². The Morgan fingerprint density at radius 2 is 1.91 bits per heavy atom. The highest BCUT2D eigenvalue weighted by Gasteiger charge is 2.26. The van der Waals surface area contributed by atoms with Gasteiger partial charge in [0.2, 0.25) is 11.8 Å². The molecule has 1 heterocycles. The Morgan fingerprint density at radius 1 is 1.22 bits per heavy atom. The number of azo groups is 1. The molecule has 8 heteroatoms. The van der Waals surface area contributed by atoms with Crippen molar-refractivity contribution < 1.29 is 18.4 Å². The number of carbonyl (C=O) groups is 2. The Balaban J connectivity index is 1.93. The molecular formula is C24H32F2N4O2. The van der Waals surface area contributed by atoms with Crippen LogP contribution in [0, 0.1) is 11.6 Å². The van der Waals surface area contributed by atoms with E-state index >= 15 is 0 Å². The largest absolute Gasteiger partial charge is 0.352 e. The summed E-state index contributed by atoms with van der Waals surface area (Å²) in [4.78, 5) is 25.4. The smallest absolute Gasteiger partial charge is 0.222 e. The molecule has 0 aromatic heterocycles. The lowest BCUT2D eigenvalue weighted by Crippen LogP contribution is -2.37. The van der Waals surface area contributed by atoms with E-state index in [1.54, 1.807) is 17.9 Å². The maximum absolute atomic E-state index is 14.3. The molecule has 1 aliphatic rings. The Kier molecular flexibility index (Phi) is 10.2. The number of halogens is 2. The monoisotopic (exact) mass is 446 g/mol.